The van der Waals surface area contributed by atoms with Crippen LogP contribution in [0.5, 0.6) is 11.5 Å². The average molecular weight is 467 g/mol. The number of H-pyrrole nitrogens is 1. The van der Waals surface area contributed by atoms with Gasteiger partial charge in [0.1, 0.15) is 11.5 Å². The van der Waals surface area contributed by atoms with Crippen LogP contribution in [-0.4, -0.2) is 30.8 Å². The fourth-order valence-corrected chi connectivity index (χ4v) is 4.07. The zero-order chi connectivity index (χ0) is 24.8. The molecule has 1 aromatic heterocycles. The normalized spacial score (nSPS) is 11.5. The highest BCUT2D eigenvalue weighted by Crippen LogP contribution is 2.44. The second-order valence-corrected chi connectivity index (χ2v) is 8.91. The van der Waals surface area contributed by atoms with Gasteiger partial charge in [-0.3, -0.25) is 0 Å². The first-order valence-electron chi connectivity index (χ1n) is 11.7. The van der Waals surface area contributed by atoms with Gasteiger partial charge in [-0.15, -0.1) is 5.10 Å². The summed E-state index contributed by atoms with van der Waals surface area (Å²) in [5.74, 6) is 0.350. The van der Waals surface area contributed by atoms with Crippen LogP contribution in [0.15, 0.2) is 84.0 Å². The van der Waals surface area contributed by atoms with E-state index in [-0.39, 0.29) is 11.5 Å². The molecular formula is C29H30N4O2. The van der Waals surface area contributed by atoms with Crippen molar-refractivity contribution in [2.24, 2.45) is 0 Å². The molecular weight excluding hydrogens is 436 g/mol. The van der Waals surface area contributed by atoms with E-state index in [4.69, 9.17) is 0 Å². The number of tetrazole rings is 1. The second-order valence-electron chi connectivity index (χ2n) is 8.91. The predicted molar refractivity (Wildman–Crippen MR) is 140 cm³/mol. The van der Waals surface area contributed by atoms with Gasteiger partial charge in [-0.25, -0.2) is 5.10 Å². The number of phenols is 2. The third-order valence-electron chi connectivity index (χ3n) is 6.01. The summed E-state index contributed by atoms with van der Waals surface area (Å²) in [5.41, 5.74) is 7.08. The van der Waals surface area contributed by atoms with Crippen molar-refractivity contribution in [1.29, 1.82) is 0 Å². The van der Waals surface area contributed by atoms with Gasteiger partial charge in [-0.2, -0.15) is 0 Å². The van der Waals surface area contributed by atoms with Gasteiger partial charge in [0.2, 0.25) is 0 Å². The maximum Gasteiger partial charge on any atom is 0.183 e. The van der Waals surface area contributed by atoms with Crippen LogP contribution >= 0.6 is 0 Å². The Morgan fingerprint density at radius 3 is 2.23 bits per heavy atom. The van der Waals surface area contributed by atoms with E-state index in [0.717, 1.165) is 29.5 Å². The Bertz CT molecular complexity index is 1340. The number of hydrogen-bond acceptors (Lipinski definition) is 5. The third kappa shape index (κ3) is 5.66. The zero-order valence-electron chi connectivity index (χ0n) is 20.3. The number of allylic oxidation sites excluding steroid dienone is 4. The van der Waals surface area contributed by atoms with Crippen LogP contribution < -0.4 is 0 Å². The molecule has 0 bridgehead atoms. The molecule has 0 aliphatic rings. The molecule has 0 radical (unpaired) electrons. The Balaban J connectivity index is 1.70. The molecule has 0 saturated heterocycles. The van der Waals surface area contributed by atoms with Gasteiger partial charge in [0.05, 0.1) is 5.56 Å². The van der Waals surface area contributed by atoms with Crippen molar-refractivity contribution in [1.82, 2.24) is 20.6 Å². The number of hydrogen-bond donors (Lipinski definition) is 3. The predicted octanol–water partition coefficient (Wildman–Crippen LogP) is 6.85. The number of aromatic hydroxyl groups is 2. The largest absolute Gasteiger partial charge is 0.507 e. The standard InChI is InChI=1S/C29H30N4O2/c1-19(2)8-7-9-20(3)12-17-24-26(34)18-25(27(28(24)35)29-30-32-33-31-29)23-15-13-22(14-16-23)21-10-5-4-6-11-21/h4-6,8,10-16,18,34-35H,7,9,17H2,1-3H3,(H,30,31,32,33). The minimum absolute atomic E-state index is 0.0287. The lowest BCUT2D eigenvalue weighted by Gasteiger charge is -2.15. The molecule has 0 saturated carbocycles. The highest BCUT2D eigenvalue weighted by molar-refractivity contribution is 5.88. The highest BCUT2D eigenvalue weighted by Gasteiger charge is 2.22. The molecule has 4 aromatic rings. The van der Waals surface area contributed by atoms with Crippen molar-refractivity contribution in [3.8, 4) is 45.1 Å². The molecule has 3 N–H and O–H groups in total. The van der Waals surface area contributed by atoms with Gasteiger partial charge in [0.15, 0.2) is 5.82 Å². The van der Waals surface area contributed by atoms with Gasteiger partial charge in [0.25, 0.3) is 0 Å². The molecule has 0 unspecified atom stereocenters. The summed E-state index contributed by atoms with van der Waals surface area (Å²) >= 11 is 0. The zero-order valence-corrected chi connectivity index (χ0v) is 20.3. The minimum atomic E-state index is -0.0287. The van der Waals surface area contributed by atoms with Crippen LogP contribution in [0, 0.1) is 0 Å². The van der Waals surface area contributed by atoms with Gasteiger partial charge in [-0.05, 0) is 73.2 Å². The minimum Gasteiger partial charge on any atom is -0.507 e. The molecule has 4 rings (SSSR count). The SMILES string of the molecule is CC(C)=CCCC(C)=CCc1c(O)cc(-c2ccc(-c3ccccc3)cc2)c(-c2nnn[nH]2)c1O. The molecule has 0 spiro atoms. The van der Waals surface area contributed by atoms with E-state index in [2.05, 4.69) is 59.6 Å². The Morgan fingerprint density at radius 2 is 1.57 bits per heavy atom. The van der Waals surface area contributed by atoms with Crippen LogP contribution in [0.1, 0.15) is 39.2 Å². The molecule has 178 valence electrons. The maximum atomic E-state index is 11.3. The van der Waals surface area contributed by atoms with Crippen molar-refractivity contribution in [3.63, 3.8) is 0 Å². The number of rotatable bonds is 8. The maximum absolute atomic E-state index is 11.3. The number of phenolic OH excluding ortho intramolecular Hbond substituents is 2. The Morgan fingerprint density at radius 1 is 0.886 bits per heavy atom. The number of nitrogens with zero attached hydrogens (tertiary/aromatic N) is 3. The fraction of sp³-hybridized carbons (Fsp3) is 0.207. The molecule has 6 heteroatoms. The first kappa shape index (κ1) is 24.0. The number of nitrogens with one attached hydrogen (secondary N) is 1. The molecule has 1 heterocycles. The molecule has 0 amide bonds. The summed E-state index contributed by atoms with van der Waals surface area (Å²) in [6, 6.07) is 19.8. The van der Waals surface area contributed by atoms with E-state index < -0.39 is 0 Å². The molecule has 0 fully saturated rings. The monoisotopic (exact) mass is 466 g/mol. The summed E-state index contributed by atoms with van der Waals surface area (Å²) in [6.07, 6.45) is 6.55. The summed E-state index contributed by atoms with van der Waals surface area (Å²) in [5, 5.41) is 36.3. The molecule has 0 aliphatic heterocycles. The van der Waals surface area contributed by atoms with Gasteiger partial charge >= 0.3 is 0 Å². The molecule has 6 nitrogen and oxygen atoms in total. The molecule has 0 aliphatic carbocycles. The molecule has 0 atom stereocenters. The number of aromatic nitrogens is 4. The summed E-state index contributed by atoms with van der Waals surface area (Å²) < 4.78 is 0. The lowest BCUT2D eigenvalue weighted by Crippen LogP contribution is -1.95. The first-order valence-corrected chi connectivity index (χ1v) is 11.7. The second kappa shape index (κ2) is 10.8. The molecule has 3 aromatic carbocycles. The van der Waals surface area contributed by atoms with Crippen LogP contribution in [0.3, 0.4) is 0 Å². The van der Waals surface area contributed by atoms with Crippen LogP contribution in [0.25, 0.3) is 33.6 Å². The van der Waals surface area contributed by atoms with Crippen LogP contribution in [-0.2, 0) is 6.42 Å². The number of aromatic amines is 1. The lowest BCUT2D eigenvalue weighted by atomic mass is 9.92. The van der Waals surface area contributed by atoms with Crippen molar-refractivity contribution >= 4 is 0 Å². The van der Waals surface area contributed by atoms with Crippen molar-refractivity contribution < 1.29 is 10.2 Å². The van der Waals surface area contributed by atoms with Crippen molar-refractivity contribution in [2.45, 2.75) is 40.0 Å². The highest BCUT2D eigenvalue weighted by atomic mass is 16.3. The van der Waals surface area contributed by atoms with E-state index in [1.165, 1.54) is 11.1 Å². The smallest absolute Gasteiger partial charge is 0.183 e. The Labute approximate surface area is 205 Å². The van der Waals surface area contributed by atoms with Gasteiger partial charge in [0, 0.05) is 11.1 Å². The van der Waals surface area contributed by atoms with Crippen LogP contribution in [0.2, 0.25) is 0 Å². The van der Waals surface area contributed by atoms with Crippen molar-refractivity contribution in [2.75, 3.05) is 0 Å². The van der Waals surface area contributed by atoms with E-state index in [9.17, 15) is 10.2 Å². The average Bonchev–Trinajstić information content (AvgIpc) is 3.38. The third-order valence-corrected chi connectivity index (χ3v) is 6.01. The van der Waals surface area contributed by atoms with E-state index in [1.807, 2.05) is 48.5 Å². The topological polar surface area (TPSA) is 94.9 Å². The Hall–Kier alpha value is -4.19. The lowest BCUT2D eigenvalue weighted by molar-refractivity contribution is 0.442. The quantitative estimate of drug-likeness (QED) is 0.247. The van der Waals surface area contributed by atoms with Crippen molar-refractivity contribution in [3.05, 3.63) is 89.5 Å². The summed E-state index contributed by atoms with van der Waals surface area (Å²) in [4.78, 5) is 0. The van der Waals surface area contributed by atoms with E-state index in [1.54, 1.807) is 6.07 Å². The van der Waals surface area contributed by atoms with E-state index >= 15 is 0 Å². The van der Waals surface area contributed by atoms with Gasteiger partial charge in [-0.1, -0.05) is 77.9 Å². The summed E-state index contributed by atoms with van der Waals surface area (Å²) in [7, 11) is 0. The van der Waals surface area contributed by atoms with E-state index in [0.29, 0.717) is 28.9 Å². The fourth-order valence-electron chi connectivity index (χ4n) is 4.07. The Kier molecular flexibility index (Phi) is 7.41. The van der Waals surface area contributed by atoms with Gasteiger partial charge < -0.3 is 10.2 Å². The van der Waals surface area contributed by atoms with Crippen LogP contribution in [0.4, 0.5) is 0 Å². The first-order chi connectivity index (χ1) is 16.9. The number of benzene rings is 3. The molecule has 35 heavy (non-hydrogen) atoms. The summed E-state index contributed by atoms with van der Waals surface area (Å²) in [6.45, 7) is 6.24.